The highest BCUT2D eigenvalue weighted by atomic mass is 79.9. The van der Waals surface area contributed by atoms with Crippen molar-refractivity contribution < 1.29 is 4.79 Å². The molecular formula is C16H22BrN3O. The monoisotopic (exact) mass is 351 g/mol. The number of nitrogens with one attached hydrogen (secondary N) is 1. The number of aromatic nitrogens is 2. The van der Waals surface area contributed by atoms with E-state index in [1.807, 2.05) is 13.1 Å². The highest BCUT2D eigenvalue weighted by Gasteiger charge is 2.51. The summed E-state index contributed by atoms with van der Waals surface area (Å²) in [4.78, 5) is 12.7. The SMILES string of the molecule is CCn1cc(Br)c(C(=O)NC23CC4CC(CC(C4)C2)C3)n1. The van der Waals surface area contributed by atoms with E-state index >= 15 is 0 Å². The lowest BCUT2D eigenvalue weighted by atomic mass is 9.53. The molecule has 1 aromatic heterocycles. The number of amides is 1. The molecule has 4 nitrogen and oxygen atoms in total. The second-order valence-corrected chi connectivity index (χ2v) is 8.19. The molecule has 4 bridgehead atoms. The maximum absolute atomic E-state index is 12.7. The molecule has 1 N–H and O–H groups in total. The molecular weight excluding hydrogens is 330 g/mol. The molecule has 0 saturated heterocycles. The van der Waals surface area contributed by atoms with Crippen LogP contribution < -0.4 is 5.32 Å². The zero-order chi connectivity index (χ0) is 14.6. The largest absolute Gasteiger partial charge is 0.345 e. The Bertz CT molecular complexity index is 545. The standard InChI is InChI=1S/C16H22BrN3O/c1-2-20-9-13(17)14(19-20)15(21)18-16-6-10-3-11(7-16)5-12(4-10)8-16/h9-12H,2-8H2,1H3,(H,18,21). The minimum absolute atomic E-state index is 0.00368. The number of halogens is 1. The van der Waals surface area contributed by atoms with Gasteiger partial charge in [-0.15, -0.1) is 0 Å². The zero-order valence-corrected chi connectivity index (χ0v) is 14.0. The van der Waals surface area contributed by atoms with E-state index in [1.54, 1.807) is 4.68 Å². The van der Waals surface area contributed by atoms with Crippen LogP contribution in [-0.2, 0) is 6.54 Å². The van der Waals surface area contributed by atoms with E-state index in [0.717, 1.165) is 28.8 Å². The third kappa shape index (κ3) is 2.33. The van der Waals surface area contributed by atoms with Gasteiger partial charge in [0.25, 0.3) is 5.91 Å². The lowest BCUT2D eigenvalue weighted by Crippen LogP contribution is -2.59. The predicted octanol–water partition coefficient (Wildman–Crippen LogP) is 3.36. The van der Waals surface area contributed by atoms with Gasteiger partial charge >= 0.3 is 0 Å². The normalized spacial score (nSPS) is 37.0. The van der Waals surface area contributed by atoms with Crippen LogP contribution >= 0.6 is 15.9 Å². The molecule has 4 aliphatic carbocycles. The van der Waals surface area contributed by atoms with Crippen LogP contribution in [0.25, 0.3) is 0 Å². The van der Waals surface area contributed by atoms with Gasteiger partial charge in [0.2, 0.25) is 0 Å². The summed E-state index contributed by atoms with van der Waals surface area (Å²) in [5.41, 5.74) is 0.592. The average Bonchev–Trinajstić information content (AvgIpc) is 2.78. The molecule has 4 aliphatic rings. The smallest absolute Gasteiger partial charge is 0.273 e. The molecule has 1 amide bonds. The molecule has 0 unspecified atom stereocenters. The van der Waals surface area contributed by atoms with Crippen molar-refractivity contribution in [3.05, 3.63) is 16.4 Å². The van der Waals surface area contributed by atoms with Crippen LogP contribution in [0.15, 0.2) is 10.7 Å². The Hall–Kier alpha value is -0.840. The Kier molecular flexibility index (Phi) is 3.18. The third-order valence-electron chi connectivity index (χ3n) is 5.67. The minimum Gasteiger partial charge on any atom is -0.345 e. The minimum atomic E-state index is -0.00368. The Morgan fingerprint density at radius 2 is 1.90 bits per heavy atom. The number of carbonyl (C=O) groups excluding carboxylic acids is 1. The van der Waals surface area contributed by atoms with E-state index in [4.69, 9.17) is 0 Å². The first kappa shape index (κ1) is 13.8. The Labute approximate surface area is 133 Å². The number of carbonyl (C=O) groups is 1. The van der Waals surface area contributed by atoms with Crippen molar-refractivity contribution in [1.82, 2.24) is 15.1 Å². The first-order chi connectivity index (χ1) is 10.1. The summed E-state index contributed by atoms with van der Waals surface area (Å²) in [6.07, 6.45) is 9.59. The molecule has 4 fully saturated rings. The van der Waals surface area contributed by atoms with E-state index in [-0.39, 0.29) is 11.4 Å². The molecule has 0 atom stereocenters. The molecule has 114 valence electrons. The second kappa shape index (κ2) is 4.83. The van der Waals surface area contributed by atoms with Gasteiger partial charge in [0.15, 0.2) is 5.69 Å². The van der Waals surface area contributed by atoms with Gasteiger partial charge in [-0.2, -0.15) is 5.10 Å². The Morgan fingerprint density at radius 3 is 2.38 bits per heavy atom. The van der Waals surface area contributed by atoms with Gasteiger partial charge < -0.3 is 5.32 Å². The number of rotatable bonds is 3. The fraction of sp³-hybridized carbons (Fsp3) is 0.750. The summed E-state index contributed by atoms with van der Waals surface area (Å²) < 4.78 is 2.60. The lowest BCUT2D eigenvalue weighted by molar-refractivity contribution is -0.0168. The van der Waals surface area contributed by atoms with E-state index in [0.29, 0.717) is 5.69 Å². The summed E-state index contributed by atoms with van der Waals surface area (Å²) in [5.74, 6) is 2.52. The summed E-state index contributed by atoms with van der Waals surface area (Å²) in [7, 11) is 0. The van der Waals surface area contributed by atoms with Crippen molar-refractivity contribution in [2.45, 2.75) is 57.5 Å². The quantitative estimate of drug-likeness (QED) is 0.907. The maximum atomic E-state index is 12.7. The number of hydrogen-bond donors (Lipinski definition) is 1. The molecule has 0 aliphatic heterocycles. The molecule has 0 radical (unpaired) electrons. The van der Waals surface area contributed by atoms with Crippen LogP contribution in [0.1, 0.15) is 55.9 Å². The summed E-state index contributed by atoms with van der Waals surface area (Å²) >= 11 is 3.47. The molecule has 21 heavy (non-hydrogen) atoms. The molecule has 0 spiro atoms. The van der Waals surface area contributed by atoms with Gasteiger partial charge in [0, 0.05) is 18.3 Å². The Morgan fingerprint density at radius 1 is 1.33 bits per heavy atom. The van der Waals surface area contributed by atoms with Crippen molar-refractivity contribution >= 4 is 21.8 Å². The summed E-state index contributed by atoms with van der Waals surface area (Å²) in [6.45, 7) is 2.81. The van der Waals surface area contributed by atoms with Crippen LogP contribution in [0.2, 0.25) is 0 Å². The topological polar surface area (TPSA) is 46.9 Å². The van der Waals surface area contributed by atoms with Crippen LogP contribution in [-0.4, -0.2) is 21.2 Å². The fourth-order valence-electron chi connectivity index (χ4n) is 5.28. The van der Waals surface area contributed by atoms with Gasteiger partial charge in [-0.05, 0) is 79.1 Å². The molecule has 5 heteroatoms. The third-order valence-corrected chi connectivity index (χ3v) is 6.25. The van der Waals surface area contributed by atoms with E-state index in [2.05, 4.69) is 26.3 Å². The average molecular weight is 352 g/mol. The van der Waals surface area contributed by atoms with E-state index < -0.39 is 0 Å². The molecule has 0 aromatic carbocycles. The molecule has 1 heterocycles. The Balaban J connectivity index is 1.55. The molecule has 1 aromatic rings. The van der Waals surface area contributed by atoms with Crippen molar-refractivity contribution in [3.63, 3.8) is 0 Å². The second-order valence-electron chi connectivity index (χ2n) is 7.33. The lowest BCUT2D eigenvalue weighted by Gasteiger charge is -2.56. The van der Waals surface area contributed by atoms with Gasteiger partial charge in [-0.25, -0.2) is 0 Å². The summed E-state index contributed by atoms with van der Waals surface area (Å²) in [6, 6.07) is 0. The van der Waals surface area contributed by atoms with Crippen molar-refractivity contribution in [2.75, 3.05) is 0 Å². The summed E-state index contributed by atoms with van der Waals surface area (Å²) in [5, 5.41) is 7.76. The van der Waals surface area contributed by atoms with Crippen molar-refractivity contribution in [3.8, 4) is 0 Å². The fourth-order valence-corrected chi connectivity index (χ4v) is 5.77. The van der Waals surface area contributed by atoms with E-state index in [9.17, 15) is 4.79 Å². The van der Waals surface area contributed by atoms with Crippen molar-refractivity contribution in [1.29, 1.82) is 0 Å². The van der Waals surface area contributed by atoms with Crippen LogP contribution in [0.3, 0.4) is 0 Å². The number of nitrogens with zero attached hydrogens (tertiary/aromatic N) is 2. The van der Waals surface area contributed by atoms with Crippen LogP contribution in [0, 0.1) is 17.8 Å². The predicted molar refractivity (Wildman–Crippen MR) is 84.0 cm³/mol. The number of aryl methyl sites for hydroxylation is 1. The van der Waals surface area contributed by atoms with Crippen LogP contribution in [0.4, 0.5) is 0 Å². The maximum Gasteiger partial charge on any atom is 0.273 e. The van der Waals surface area contributed by atoms with Crippen molar-refractivity contribution in [2.24, 2.45) is 17.8 Å². The zero-order valence-electron chi connectivity index (χ0n) is 12.4. The van der Waals surface area contributed by atoms with E-state index in [1.165, 1.54) is 38.5 Å². The van der Waals surface area contributed by atoms with Gasteiger partial charge in [0.05, 0.1) is 4.47 Å². The highest BCUT2D eigenvalue weighted by Crippen LogP contribution is 2.55. The number of hydrogen-bond acceptors (Lipinski definition) is 2. The first-order valence-electron chi connectivity index (χ1n) is 8.12. The van der Waals surface area contributed by atoms with Gasteiger partial charge in [-0.1, -0.05) is 0 Å². The highest BCUT2D eigenvalue weighted by molar-refractivity contribution is 9.10. The van der Waals surface area contributed by atoms with Crippen LogP contribution in [0.5, 0.6) is 0 Å². The van der Waals surface area contributed by atoms with Gasteiger partial charge in [-0.3, -0.25) is 9.48 Å². The molecule has 5 rings (SSSR count). The molecule has 4 saturated carbocycles. The van der Waals surface area contributed by atoms with Gasteiger partial charge in [0.1, 0.15) is 0 Å². The first-order valence-corrected chi connectivity index (χ1v) is 8.91.